The molecule has 3 nitrogen and oxygen atoms in total. The van der Waals surface area contributed by atoms with Crippen LogP contribution >= 0.6 is 0 Å². The minimum absolute atomic E-state index is 0.0165. The van der Waals surface area contributed by atoms with Crippen LogP contribution in [-0.4, -0.2) is 23.5 Å². The highest BCUT2D eigenvalue weighted by Gasteiger charge is 2.21. The van der Waals surface area contributed by atoms with E-state index in [4.69, 9.17) is 0 Å². The zero-order chi connectivity index (χ0) is 8.97. The molecule has 1 heterocycles. The van der Waals surface area contributed by atoms with Crippen LogP contribution in [0.2, 0.25) is 0 Å². The molecule has 12 heavy (non-hydrogen) atoms. The summed E-state index contributed by atoms with van der Waals surface area (Å²) in [5.41, 5.74) is 0. The molecule has 0 saturated carbocycles. The predicted molar refractivity (Wildman–Crippen MR) is 48.7 cm³/mol. The quantitative estimate of drug-likeness (QED) is 0.635. The number of rotatable bonds is 1. The highest BCUT2D eigenvalue weighted by atomic mass is 16.2. The summed E-state index contributed by atoms with van der Waals surface area (Å²) >= 11 is 0. The number of carbonyl (C=O) groups is 1. The Kier molecular flexibility index (Phi) is 3.14. The van der Waals surface area contributed by atoms with Crippen LogP contribution in [0.5, 0.6) is 0 Å². The molecular formula is C9H16N2O. The lowest BCUT2D eigenvalue weighted by atomic mass is 10.0. The highest BCUT2D eigenvalue weighted by molar-refractivity contribution is 5.75. The number of likely N-dealkylation sites (tertiary alicyclic amines) is 1. The van der Waals surface area contributed by atoms with Crippen molar-refractivity contribution in [3.05, 3.63) is 12.8 Å². The molecule has 1 rings (SSSR count). The molecule has 3 heteroatoms. The molecule has 0 aliphatic carbocycles. The monoisotopic (exact) mass is 168 g/mol. The number of piperidine rings is 1. The summed E-state index contributed by atoms with van der Waals surface area (Å²) in [6.07, 6.45) is 4.90. The average Bonchev–Trinajstić information content (AvgIpc) is 2.05. The lowest BCUT2D eigenvalue weighted by Crippen LogP contribution is -2.45. The van der Waals surface area contributed by atoms with Crippen LogP contribution < -0.4 is 5.32 Å². The van der Waals surface area contributed by atoms with E-state index in [1.54, 1.807) is 0 Å². The van der Waals surface area contributed by atoms with E-state index in [1.165, 1.54) is 12.6 Å². The van der Waals surface area contributed by atoms with Gasteiger partial charge in [0.15, 0.2) is 0 Å². The maximum atomic E-state index is 11.4. The third-order valence-corrected chi connectivity index (χ3v) is 2.29. The fourth-order valence-electron chi connectivity index (χ4n) is 1.57. The van der Waals surface area contributed by atoms with Crippen molar-refractivity contribution in [3.63, 3.8) is 0 Å². The third-order valence-electron chi connectivity index (χ3n) is 2.29. The van der Waals surface area contributed by atoms with Gasteiger partial charge in [0.25, 0.3) is 0 Å². The first-order valence-corrected chi connectivity index (χ1v) is 4.43. The largest absolute Gasteiger partial charge is 0.322 e. The summed E-state index contributed by atoms with van der Waals surface area (Å²) in [5.74, 6) is 0. The van der Waals surface area contributed by atoms with Gasteiger partial charge in [-0.25, -0.2) is 4.79 Å². The molecule has 0 spiro atoms. The van der Waals surface area contributed by atoms with Gasteiger partial charge < -0.3 is 10.2 Å². The minimum atomic E-state index is -0.0165. The smallest absolute Gasteiger partial charge is 0.321 e. The summed E-state index contributed by atoms with van der Waals surface area (Å²) in [6.45, 7) is 6.42. The van der Waals surface area contributed by atoms with Crippen LogP contribution in [0.15, 0.2) is 12.8 Å². The second kappa shape index (κ2) is 4.14. The first kappa shape index (κ1) is 9.10. The molecule has 1 aliphatic rings. The van der Waals surface area contributed by atoms with Gasteiger partial charge in [-0.1, -0.05) is 6.58 Å². The molecule has 1 N–H and O–H groups in total. The first-order valence-electron chi connectivity index (χ1n) is 4.43. The molecule has 1 saturated heterocycles. The SMILES string of the molecule is C=CNC(=O)N1CCCCC1C. The molecule has 0 radical (unpaired) electrons. The van der Waals surface area contributed by atoms with E-state index in [0.717, 1.165) is 19.4 Å². The Morgan fingerprint density at radius 1 is 1.67 bits per heavy atom. The van der Waals surface area contributed by atoms with Gasteiger partial charge >= 0.3 is 6.03 Å². The summed E-state index contributed by atoms with van der Waals surface area (Å²) < 4.78 is 0. The number of urea groups is 1. The predicted octanol–water partition coefficient (Wildman–Crippen LogP) is 1.71. The molecule has 68 valence electrons. The van der Waals surface area contributed by atoms with E-state index >= 15 is 0 Å². The molecule has 1 unspecified atom stereocenters. The molecule has 1 fully saturated rings. The van der Waals surface area contributed by atoms with Gasteiger partial charge in [0.05, 0.1) is 0 Å². The summed E-state index contributed by atoms with van der Waals surface area (Å²) in [7, 11) is 0. The summed E-state index contributed by atoms with van der Waals surface area (Å²) in [4.78, 5) is 13.2. The van der Waals surface area contributed by atoms with Crippen LogP contribution in [0.1, 0.15) is 26.2 Å². The van der Waals surface area contributed by atoms with Gasteiger partial charge in [-0.2, -0.15) is 0 Å². The normalized spacial score (nSPS) is 23.4. The van der Waals surface area contributed by atoms with Gasteiger partial charge in [-0.3, -0.25) is 0 Å². The fraction of sp³-hybridized carbons (Fsp3) is 0.667. The van der Waals surface area contributed by atoms with Crippen LogP contribution in [0.25, 0.3) is 0 Å². The summed E-state index contributed by atoms with van der Waals surface area (Å²) in [5, 5.41) is 2.60. The van der Waals surface area contributed by atoms with E-state index < -0.39 is 0 Å². The molecule has 0 aromatic carbocycles. The molecule has 0 aromatic rings. The maximum absolute atomic E-state index is 11.4. The molecular weight excluding hydrogens is 152 g/mol. The zero-order valence-electron chi connectivity index (χ0n) is 7.55. The number of hydrogen-bond donors (Lipinski definition) is 1. The van der Waals surface area contributed by atoms with E-state index in [1.807, 2.05) is 4.90 Å². The van der Waals surface area contributed by atoms with Gasteiger partial charge in [-0.05, 0) is 32.4 Å². The molecule has 2 amide bonds. The number of amides is 2. The maximum Gasteiger partial charge on any atom is 0.321 e. The Labute approximate surface area is 73.4 Å². The van der Waals surface area contributed by atoms with Gasteiger partial charge in [0.1, 0.15) is 0 Å². The summed E-state index contributed by atoms with van der Waals surface area (Å²) in [6, 6.07) is 0.357. The zero-order valence-corrected chi connectivity index (χ0v) is 7.55. The van der Waals surface area contributed by atoms with Crippen molar-refractivity contribution in [2.45, 2.75) is 32.2 Å². The Hall–Kier alpha value is -0.990. The van der Waals surface area contributed by atoms with Crippen molar-refractivity contribution in [1.82, 2.24) is 10.2 Å². The van der Waals surface area contributed by atoms with Gasteiger partial charge in [-0.15, -0.1) is 0 Å². The highest BCUT2D eigenvalue weighted by Crippen LogP contribution is 2.15. The van der Waals surface area contributed by atoms with E-state index in [9.17, 15) is 4.79 Å². The number of nitrogens with one attached hydrogen (secondary N) is 1. The second-order valence-corrected chi connectivity index (χ2v) is 3.19. The molecule has 1 aliphatic heterocycles. The van der Waals surface area contributed by atoms with Crippen molar-refractivity contribution in [3.8, 4) is 0 Å². The minimum Gasteiger partial charge on any atom is -0.322 e. The number of hydrogen-bond acceptors (Lipinski definition) is 1. The lowest BCUT2D eigenvalue weighted by Gasteiger charge is -2.32. The topological polar surface area (TPSA) is 32.3 Å². The Bertz CT molecular complexity index is 179. The molecule has 0 bridgehead atoms. The van der Waals surface area contributed by atoms with Crippen LogP contribution in [0, 0.1) is 0 Å². The van der Waals surface area contributed by atoms with E-state index in [0.29, 0.717) is 6.04 Å². The van der Waals surface area contributed by atoms with Crippen molar-refractivity contribution >= 4 is 6.03 Å². The van der Waals surface area contributed by atoms with Crippen LogP contribution in [0.3, 0.4) is 0 Å². The van der Waals surface area contributed by atoms with E-state index in [-0.39, 0.29) is 6.03 Å². The average molecular weight is 168 g/mol. The number of carbonyl (C=O) groups excluding carboxylic acids is 1. The van der Waals surface area contributed by atoms with Crippen molar-refractivity contribution in [2.24, 2.45) is 0 Å². The molecule has 1 atom stereocenters. The lowest BCUT2D eigenvalue weighted by molar-refractivity contribution is 0.161. The Morgan fingerprint density at radius 2 is 2.42 bits per heavy atom. The van der Waals surface area contributed by atoms with Crippen LogP contribution in [-0.2, 0) is 0 Å². The Morgan fingerprint density at radius 3 is 3.00 bits per heavy atom. The van der Waals surface area contributed by atoms with E-state index in [2.05, 4.69) is 18.8 Å². The van der Waals surface area contributed by atoms with Crippen molar-refractivity contribution in [2.75, 3.05) is 6.54 Å². The van der Waals surface area contributed by atoms with Crippen molar-refractivity contribution in [1.29, 1.82) is 0 Å². The van der Waals surface area contributed by atoms with Gasteiger partial charge in [0.2, 0.25) is 0 Å². The number of nitrogens with zero attached hydrogens (tertiary/aromatic N) is 1. The third kappa shape index (κ3) is 2.00. The standard InChI is InChI=1S/C9H16N2O/c1-3-10-9(12)11-7-5-4-6-8(11)2/h3,8H,1,4-7H2,2H3,(H,10,12). The Balaban J connectivity index is 2.47. The van der Waals surface area contributed by atoms with Gasteiger partial charge in [0, 0.05) is 12.6 Å². The fourth-order valence-corrected chi connectivity index (χ4v) is 1.57. The second-order valence-electron chi connectivity index (χ2n) is 3.19. The van der Waals surface area contributed by atoms with Crippen molar-refractivity contribution < 1.29 is 4.79 Å². The van der Waals surface area contributed by atoms with Crippen LogP contribution in [0.4, 0.5) is 4.79 Å². The first-order chi connectivity index (χ1) is 5.75. The molecule has 0 aromatic heterocycles.